The number of nitrogens with two attached hydrogens (primary N) is 1. The molecule has 2 N–H and O–H groups in total. The molecule has 4 heteroatoms. The van der Waals surface area contributed by atoms with Gasteiger partial charge in [-0.1, -0.05) is 26.8 Å². The van der Waals surface area contributed by atoms with Crippen molar-refractivity contribution in [2.24, 2.45) is 17.1 Å². The average Bonchev–Trinajstić information content (AvgIpc) is 2.76. The molecular formula is C16H24F2N2. The fraction of sp³-hybridized carbons (Fsp3) is 0.625. The highest BCUT2D eigenvalue weighted by Gasteiger charge is 2.32. The molecule has 2 atom stereocenters. The Balaban J connectivity index is 1.97. The molecule has 2 unspecified atom stereocenters. The number of benzene rings is 1. The molecule has 20 heavy (non-hydrogen) atoms. The molecule has 2 nitrogen and oxygen atoms in total. The summed E-state index contributed by atoms with van der Waals surface area (Å²) in [6.45, 7) is 9.37. The number of halogens is 2. The number of hydrogen-bond donors (Lipinski definition) is 1. The van der Waals surface area contributed by atoms with Gasteiger partial charge in [0.15, 0.2) is 0 Å². The first kappa shape index (κ1) is 15.4. The van der Waals surface area contributed by atoms with Crippen molar-refractivity contribution in [3.63, 3.8) is 0 Å². The molecule has 0 bridgehead atoms. The topological polar surface area (TPSA) is 29.3 Å². The highest BCUT2D eigenvalue weighted by atomic mass is 19.1. The van der Waals surface area contributed by atoms with E-state index in [4.69, 9.17) is 5.73 Å². The van der Waals surface area contributed by atoms with E-state index in [1.807, 2.05) is 0 Å². The first-order valence-corrected chi connectivity index (χ1v) is 7.20. The summed E-state index contributed by atoms with van der Waals surface area (Å²) in [6.07, 6.45) is 1.15. The van der Waals surface area contributed by atoms with Crippen molar-refractivity contribution in [2.75, 3.05) is 19.6 Å². The van der Waals surface area contributed by atoms with E-state index in [1.54, 1.807) is 0 Å². The van der Waals surface area contributed by atoms with E-state index in [9.17, 15) is 8.78 Å². The molecule has 2 rings (SSSR count). The van der Waals surface area contributed by atoms with E-state index >= 15 is 0 Å². The maximum atomic E-state index is 13.7. The SMILES string of the molecule is CC(C)(C)C1CCN(CC(N)c2ccc(F)cc2F)C1. The Morgan fingerprint density at radius 1 is 1.35 bits per heavy atom. The molecule has 0 aliphatic carbocycles. The van der Waals surface area contributed by atoms with E-state index in [0.29, 0.717) is 23.4 Å². The van der Waals surface area contributed by atoms with Crippen molar-refractivity contribution in [3.05, 3.63) is 35.4 Å². The Kier molecular flexibility index (Phi) is 4.45. The van der Waals surface area contributed by atoms with E-state index in [-0.39, 0.29) is 0 Å². The van der Waals surface area contributed by atoms with Crippen molar-refractivity contribution in [1.29, 1.82) is 0 Å². The molecule has 1 aromatic carbocycles. The van der Waals surface area contributed by atoms with Gasteiger partial charge in [-0.3, -0.25) is 0 Å². The van der Waals surface area contributed by atoms with Gasteiger partial charge in [-0.25, -0.2) is 8.78 Å². The van der Waals surface area contributed by atoms with Crippen molar-refractivity contribution in [2.45, 2.75) is 33.2 Å². The van der Waals surface area contributed by atoms with Gasteiger partial charge in [-0.15, -0.1) is 0 Å². The van der Waals surface area contributed by atoms with Crippen LogP contribution in [0.2, 0.25) is 0 Å². The highest BCUT2D eigenvalue weighted by molar-refractivity contribution is 5.22. The van der Waals surface area contributed by atoms with Crippen LogP contribution in [0.15, 0.2) is 18.2 Å². The summed E-state index contributed by atoms with van der Waals surface area (Å²) in [4.78, 5) is 2.28. The standard InChI is InChI=1S/C16H24F2N2/c1-16(2,3)11-6-7-20(9-11)10-15(19)13-5-4-12(17)8-14(13)18/h4-5,8,11,15H,6-7,9-10,19H2,1-3H3. The first-order chi connectivity index (χ1) is 9.27. The molecule has 0 amide bonds. The molecule has 1 saturated heterocycles. The summed E-state index contributed by atoms with van der Waals surface area (Å²) >= 11 is 0. The van der Waals surface area contributed by atoms with Crippen LogP contribution in [-0.4, -0.2) is 24.5 Å². The molecule has 1 fully saturated rings. The Morgan fingerprint density at radius 2 is 2.05 bits per heavy atom. The van der Waals surface area contributed by atoms with Crippen LogP contribution in [0.4, 0.5) is 8.78 Å². The maximum absolute atomic E-state index is 13.7. The highest BCUT2D eigenvalue weighted by Crippen LogP contribution is 2.34. The Morgan fingerprint density at radius 3 is 2.60 bits per heavy atom. The van der Waals surface area contributed by atoms with Crippen LogP contribution in [-0.2, 0) is 0 Å². The Hall–Kier alpha value is -1.00. The molecule has 1 aliphatic heterocycles. The van der Waals surface area contributed by atoms with Gasteiger partial charge < -0.3 is 10.6 Å². The lowest BCUT2D eigenvalue weighted by atomic mass is 9.80. The lowest BCUT2D eigenvalue weighted by molar-refractivity contribution is 0.224. The molecule has 1 aromatic rings. The molecular weight excluding hydrogens is 258 g/mol. The largest absolute Gasteiger partial charge is 0.323 e. The van der Waals surface area contributed by atoms with Crippen LogP contribution < -0.4 is 5.73 Å². The second-order valence-electron chi connectivity index (χ2n) is 6.88. The molecule has 0 saturated carbocycles. The van der Waals surface area contributed by atoms with Crippen LogP contribution in [0.25, 0.3) is 0 Å². The summed E-state index contributed by atoms with van der Waals surface area (Å²) in [5.74, 6) is -0.468. The zero-order valence-electron chi connectivity index (χ0n) is 12.5. The van der Waals surface area contributed by atoms with Gasteiger partial charge in [-0.2, -0.15) is 0 Å². The lowest BCUT2D eigenvalue weighted by Crippen LogP contribution is -2.32. The van der Waals surface area contributed by atoms with Crippen molar-refractivity contribution in [1.82, 2.24) is 4.90 Å². The fourth-order valence-electron chi connectivity index (χ4n) is 2.88. The third-order valence-corrected chi connectivity index (χ3v) is 4.31. The summed E-state index contributed by atoms with van der Waals surface area (Å²) in [7, 11) is 0. The predicted octanol–water partition coefficient (Wildman–Crippen LogP) is 3.33. The van der Waals surface area contributed by atoms with Crippen LogP contribution in [0.3, 0.4) is 0 Å². The first-order valence-electron chi connectivity index (χ1n) is 7.20. The minimum absolute atomic E-state index is 0.292. The van der Waals surface area contributed by atoms with Gasteiger partial charge in [-0.05, 0) is 30.4 Å². The average molecular weight is 282 g/mol. The van der Waals surface area contributed by atoms with Crippen LogP contribution in [0.5, 0.6) is 0 Å². The monoisotopic (exact) mass is 282 g/mol. The van der Waals surface area contributed by atoms with Gasteiger partial charge >= 0.3 is 0 Å². The van der Waals surface area contributed by atoms with Gasteiger partial charge in [0.25, 0.3) is 0 Å². The van der Waals surface area contributed by atoms with Gasteiger partial charge in [0, 0.05) is 30.8 Å². The lowest BCUT2D eigenvalue weighted by Gasteiger charge is -2.28. The van der Waals surface area contributed by atoms with Crippen molar-refractivity contribution in [3.8, 4) is 0 Å². The Labute approximate surface area is 120 Å². The van der Waals surface area contributed by atoms with Gasteiger partial charge in [0.1, 0.15) is 11.6 Å². The van der Waals surface area contributed by atoms with Crippen molar-refractivity contribution >= 4 is 0 Å². The predicted molar refractivity (Wildman–Crippen MR) is 77.3 cm³/mol. The third-order valence-electron chi connectivity index (χ3n) is 4.31. The molecule has 1 heterocycles. The minimum Gasteiger partial charge on any atom is -0.323 e. The zero-order valence-corrected chi connectivity index (χ0v) is 12.5. The minimum atomic E-state index is -0.563. The number of likely N-dealkylation sites (tertiary alicyclic amines) is 1. The fourth-order valence-corrected chi connectivity index (χ4v) is 2.88. The van der Waals surface area contributed by atoms with Crippen LogP contribution in [0.1, 0.15) is 38.8 Å². The maximum Gasteiger partial charge on any atom is 0.130 e. The molecule has 1 aliphatic rings. The molecule has 0 aromatic heterocycles. The molecule has 0 spiro atoms. The van der Waals surface area contributed by atoms with E-state index < -0.39 is 17.7 Å². The quantitative estimate of drug-likeness (QED) is 0.921. The van der Waals surface area contributed by atoms with Gasteiger partial charge in [0.2, 0.25) is 0 Å². The van der Waals surface area contributed by atoms with E-state index in [0.717, 1.165) is 25.6 Å². The molecule has 0 radical (unpaired) electrons. The Bertz CT molecular complexity index is 468. The summed E-state index contributed by atoms with van der Waals surface area (Å²) in [6, 6.07) is 3.21. The van der Waals surface area contributed by atoms with Gasteiger partial charge in [0.05, 0.1) is 0 Å². The van der Waals surface area contributed by atoms with E-state index in [1.165, 1.54) is 12.1 Å². The number of rotatable bonds is 3. The second kappa shape index (κ2) is 5.78. The summed E-state index contributed by atoms with van der Waals surface area (Å²) < 4.78 is 26.6. The normalized spacial score (nSPS) is 22.2. The second-order valence-corrected chi connectivity index (χ2v) is 6.88. The number of nitrogens with zero attached hydrogens (tertiary/aromatic N) is 1. The third kappa shape index (κ3) is 3.55. The van der Waals surface area contributed by atoms with Crippen LogP contribution >= 0.6 is 0 Å². The zero-order chi connectivity index (χ0) is 14.9. The van der Waals surface area contributed by atoms with E-state index in [2.05, 4.69) is 25.7 Å². The summed E-state index contributed by atoms with van der Waals surface area (Å²) in [5.41, 5.74) is 6.76. The summed E-state index contributed by atoms with van der Waals surface area (Å²) in [5, 5.41) is 0. The molecule has 112 valence electrons. The van der Waals surface area contributed by atoms with Crippen molar-refractivity contribution < 1.29 is 8.78 Å². The van der Waals surface area contributed by atoms with Crippen LogP contribution in [0, 0.1) is 23.0 Å². The smallest absolute Gasteiger partial charge is 0.130 e. The number of hydrogen-bond acceptors (Lipinski definition) is 2.